The van der Waals surface area contributed by atoms with Crippen molar-refractivity contribution in [2.24, 2.45) is 18.5 Å². The van der Waals surface area contributed by atoms with Crippen molar-refractivity contribution in [2.45, 2.75) is 6.54 Å². The molecule has 0 bridgehead atoms. The van der Waals surface area contributed by atoms with E-state index in [1.807, 2.05) is 7.05 Å². The molecule has 1 heterocycles. The molecule has 6 nitrogen and oxygen atoms in total. The Morgan fingerprint density at radius 3 is 2.43 bits per heavy atom. The fraction of sp³-hybridized carbons (Fsp3) is 0.750. The van der Waals surface area contributed by atoms with Crippen LogP contribution in [0.25, 0.3) is 0 Å². The molecule has 1 aromatic rings. The molecule has 0 unspecified atom stereocenters. The Morgan fingerprint density at radius 1 is 1.36 bits per heavy atom. The molecule has 0 fully saturated rings. The molecule has 0 aromatic carbocycles. The van der Waals surface area contributed by atoms with Gasteiger partial charge in [-0.2, -0.15) is 5.10 Å². The molecule has 1 rings (SSSR count). The highest BCUT2D eigenvalue weighted by Gasteiger charge is 2.07. The van der Waals surface area contributed by atoms with Crippen LogP contribution in [0, 0.1) is 0 Å². The summed E-state index contributed by atoms with van der Waals surface area (Å²) in [5.41, 5.74) is 11.0. The highest BCUT2D eigenvalue weighted by molar-refractivity contribution is 4.83. The SMILES string of the molecule is Cn1ncnc1CN(CCN)CCN. The lowest BCUT2D eigenvalue weighted by molar-refractivity contribution is 0.270. The lowest BCUT2D eigenvalue weighted by Gasteiger charge is -2.19. The predicted molar refractivity (Wildman–Crippen MR) is 54.4 cm³/mol. The van der Waals surface area contributed by atoms with Gasteiger partial charge >= 0.3 is 0 Å². The summed E-state index contributed by atoms with van der Waals surface area (Å²) in [5.74, 6) is 0.937. The molecular formula is C8H18N6. The first-order valence-electron chi connectivity index (χ1n) is 4.73. The molecule has 4 N–H and O–H groups in total. The number of nitrogens with two attached hydrogens (primary N) is 2. The predicted octanol–water partition coefficient (Wildman–Crippen LogP) is -1.47. The Kier molecular flexibility index (Phi) is 4.51. The molecular weight excluding hydrogens is 180 g/mol. The van der Waals surface area contributed by atoms with Crippen molar-refractivity contribution in [1.29, 1.82) is 0 Å². The van der Waals surface area contributed by atoms with Crippen LogP contribution in [-0.2, 0) is 13.6 Å². The molecule has 80 valence electrons. The molecule has 0 aliphatic carbocycles. The molecule has 0 aliphatic heterocycles. The standard InChI is InChI=1S/C8H18N6/c1-13-8(11-7-12-13)6-14(4-2-9)5-3-10/h7H,2-6,9-10H2,1H3. The number of rotatable bonds is 6. The summed E-state index contributed by atoms with van der Waals surface area (Å²) in [5, 5.41) is 4.01. The van der Waals surface area contributed by atoms with E-state index in [0.29, 0.717) is 13.1 Å². The van der Waals surface area contributed by atoms with E-state index in [1.165, 1.54) is 0 Å². The Balaban J connectivity index is 2.50. The zero-order valence-electron chi connectivity index (χ0n) is 8.56. The quantitative estimate of drug-likeness (QED) is 0.583. The van der Waals surface area contributed by atoms with Crippen LogP contribution >= 0.6 is 0 Å². The number of hydrogen-bond acceptors (Lipinski definition) is 5. The summed E-state index contributed by atoms with van der Waals surface area (Å²) in [6.07, 6.45) is 1.55. The first kappa shape index (κ1) is 11.1. The van der Waals surface area contributed by atoms with Crippen LogP contribution < -0.4 is 11.5 Å². The number of hydrogen-bond donors (Lipinski definition) is 2. The van der Waals surface area contributed by atoms with Crippen molar-refractivity contribution in [1.82, 2.24) is 19.7 Å². The monoisotopic (exact) mass is 198 g/mol. The summed E-state index contributed by atoms with van der Waals surface area (Å²) in [4.78, 5) is 6.32. The van der Waals surface area contributed by atoms with Gasteiger partial charge in [-0.3, -0.25) is 9.58 Å². The van der Waals surface area contributed by atoms with Crippen LogP contribution in [0.2, 0.25) is 0 Å². The second kappa shape index (κ2) is 5.69. The molecule has 1 aromatic heterocycles. The first-order chi connectivity index (χ1) is 6.77. The second-order valence-electron chi connectivity index (χ2n) is 3.15. The van der Waals surface area contributed by atoms with E-state index in [2.05, 4.69) is 15.0 Å². The third-order valence-corrected chi connectivity index (χ3v) is 2.06. The van der Waals surface area contributed by atoms with Crippen LogP contribution in [0.1, 0.15) is 5.82 Å². The molecule has 6 heteroatoms. The van der Waals surface area contributed by atoms with Gasteiger partial charge in [0.05, 0.1) is 6.54 Å². The zero-order valence-corrected chi connectivity index (χ0v) is 8.56. The molecule has 0 aliphatic rings. The highest BCUT2D eigenvalue weighted by Crippen LogP contribution is 1.97. The average Bonchev–Trinajstić information content (AvgIpc) is 2.53. The third kappa shape index (κ3) is 3.06. The van der Waals surface area contributed by atoms with Crippen molar-refractivity contribution in [3.05, 3.63) is 12.2 Å². The Hall–Kier alpha value is -0.980. The third-order valence-electron chi connectivity index (χ3n) is 2.06. The van der Waals surface area contributed by atoms with Crippen LogP contribution in [0.3, 0.4) is 0 Å². The van der Waals surface area contributed by atoms with Crippen LogP contribution in [-0.4, -0.2) is 45.8 Å². The van der Waals surface area contributed by atoms with Gasteiger partial charge in [-0.25, -0.2) is 4.98 Å². The molecule has 14 heavy (non-hydrogen) atoms. The largest absolute Gasteiger partial charge is 0.329 e. The van der Waals surface area contributed by atoms with E-state index < -0.39 is 0 Å². The van der Waals surface area contributed by atoms with Crippen LogP contribution in [0.4, 0.5) is 0 Å². The van der Waals surface area contributed by atoms with Crippen molar-refractivity contribution in [3.63, 3.8) is 0 Å². The van der Waals surface area contributed by atoms with Crippen LogP contribution in [0.5, 0.6) is 0 Å². The summed E-state index contributed by atoms with van der Waals surface area (Å²) < 4.78 is 1.76. The van der Waals surface area contributed by atoms with E-state index >= 15 is 0 Å². The maximum atomic E-state index is 5.50. The van der Waals surface area contributed by atoms with Gasteiger partial charge in [0.15, 0.2) is 0 Å². The lowest BCUT2D eigenvalue weighted by atomic mass is 10.4. The van der Waals surface area contributed by atoms with Crippen molar-refractivity contribution in [3.8, 4) is 0 Å². The smallest absolute Gasteiger partial charge is 0.140 e. The summed E-state index contributed by atoms with van der Waals surface area (Å²) in [7, 11) is 1.88. The molecule has 0 spiro atoms. The lowest BCUT2D eigenvalue weighted by Crippen LogP contribution is -2.34. The van der Waals surface area contributed by atoms with Gasteiger partial charge in [-0.1, -0.05) is 0 Å². The van der Waals surface area contributed by atoms with Gasteiger partial charge in [0, 0.05) is 33.2 Å². The minimum atomic E-state index is 0.637. The van der Waals surface area contributed by atoms with Gasteiger partial charge in [0.25, 0.3) is 0 Å². The van der Waals surface area contributed by atoms with Crippen molar-refractivity contribution >= 4 is 0 Å². The second-order valence-corrected chi connectivity index (χ2v) is 3.15. The maximum absolute atomic E-state index is 5.50. The fourth-order valence-corrected chi connectivity index (χ4v) is 1.30. The van der Waals surface area contributed by atoms with E-state index in [0.717, 1.165) is 25.5 Å². The Morgan fingerprint density at radius 2 is 2.00 bits per heavy atom. The van der Waals surface area contributed by atoms with Gasteiger partial charge in [-0.15, -0.1) is 0 Å². The van der Waals surface area contributed by atoms with E-state index in [1.54, 1.807) is 11.0 Å². The Labute approximate surface area is 83.9 Å². The summed E-state index contributed by atoms with van der Waals surface area (Å²) >= 11 is 0. The van der Waals surface area contributed by atoms with E-state index in [4.69, 9.17) is 11.5 Å². The molecule has 0 radical (unpaired) electrons. The van der Waals surface area contributed by atoms with E-state index in [-0.39, 0.29) is 0 Å². The van der Waals surface area contributed by atoms with Crippen molar-refractivity contribution in [2.75, 3.05) is 26.2 Å². The number of aryl methyl sites for hydroxylation is 1. The number of nitrogens with zero attached hydrogens (tertiary/aromatic N) is 4. The molecule has 0 saturated heterocycles. The zero-order chi connectivity index (χ0) is 10.4. The van der Waals surface area contributed by atoms with Gasteiger partial charge in [-0.05, 0) is 0 Å². The fourth-order valence-electron chi connectivity index (χ4n) is 1.30. The maximum Gasteiger partial charge on any atom is 0.140 e. The van der Waals surface area contributed by atoms with E-state index in [9.17, 15) is 0 Å². The molecule has 0 amide bonds. The van der Waals surface area contributed by atoms with Gasteiger partial charge in [0.2, 0.25) is 0 Å². The molecule has 0 atom stereocenters. The average molecular weight is 198 g/mol. The number of aromatic nitrogens is 3. The van der Waals surface area contributed by atoms with Crippen LogP contribution in [0.15, 0.2) is 6.33 Å². The first-order valence-corrected chi connectivity index (χ1v) is 4.73. The topological polar surface area (TPSA) is 86.0 Å². The Bertz CT molecular complexity index is 252. The highest BCUT2D eigenvalue weighted by atomic mass is 15.3. The minimum Gasteiger partial charge on any atom is -0.329 e. The summed E-state index contributed by atoms with van der Waals surface area (Å²) in [6, 6.07) is 0. The van der Waals surface area contributed by atoms with Gasteiger partial charge < -0.3 is 11.5 Å². The minimum absolute atomic E-state index is 0.637. The normalized spacial score (nSPS) is 11.1. The molecule has 0 saturated carbocycles. The van der Waals surface area contributed by atoms with Gasteiger partial charge in [0.1, 0.15) is 12.2 Å². The summed E-state index contributed by atoms with van der Waals surface area (Å²) in [6.45, 7) is 3.70. The van der Waals surface area contributed by atoms with Crippen molar-refractivity contribution < 1.29 is 0 Å².